The summed E-state index contributed by atoms with van der Waals surface area (Å²) in [6, 6.07) is 0. The van der Waals surface area contributed by atoms with E-state index in [0.29, 0.717) is 5.76 Å². The number of carbonyl (C=O) groups excluding carboxylic acids is 1. The first-order chi connectivity index (χ1) is 8.47. The molecule has 0 rings (SSSR count). The van der Waals surface area contributed by atoms with Gasteiger partial charge in [0.1, 0.15) is 11.9 Å². The van der Waals surface area contributed by atoms with E-state index in [2.05, 4.69) is 19.7 Å². The van der Waals surface area contributed by atoms with Crippen LogP contribution in [0.4, 0.5) is 0 Å². The number of halogens is 1. The summed E-state index contributed by atoms with van der Waals surface area (Å²) in [4.78, 5) is 12.0. The van der Waals surface area contributed by atoms with Crippen molar-refractivity contribution in [1.82, 2.24) is 0 Å². The fourth-order valence-electron chi connectivity index (χ4n) is 1.21. The summed E-state index contributed by atoms with van der Waals surface area (Å²) in [6.45, 7) is 14.5. The zero-order valence-electron chi connectivity index (χ0n) is 10.9. The number of rotatable bonds is 8. The molecule has 0 saturated heterocycles. The van der Waals surface area contributed by atoms with Crippen molar-refractivity contribution in [3.63, 3.8) is 0 Å². The van der Waals surface area contributed by atoms with Crippen molar-refractivity contribution in [2.75, 3.05) is 0 Å². The van der Waals surface area contributed by atoms with Gasteiger partial charge < -0.3 is 4.74 Å². The first kappa shape index (κ1) is 16.5. The van der Waals surface area contributed by atoms with Crippen LogP contribution in [-0.4, -0.2) is 11.9 Å². The van der Waals surface area contributed by atoms with Gasteiger partial charge in [0, 0.05) is 11.5 Å². The first-order valence-corrected chi connectivity index (χ1v) is 6.00. The molecular weight excluding hydrogens is 248 g/mol. The van der Waals surface area contributed by atoms with Crippen LogP contribution >= 0.6 is 11.6 Å². The number of Topliss-reactive ketones (excluding diaryl/α,β-unsaturated/α-hetero) is 1. The minimum Gasteiger partial charge on any atom is -0.486 e. The molecule has 0 bridgehead atoms. The van der Waals surface area contributed by atoms with Crippen LogP contribution in [0.1, 0.15) is 20.3 Å². The Labute approximate surface area is 114 Å². The van der Waals surface area contributed by atoms with Gasteiger partial charge >= 0.3 is 0 Å². The van der Waals surface area contributed by atoms with Crippen LogP contribution in [-0.2, 0) is 9.53 Å². The van der Waals surface area contributed by atoms with Gasteiger partial charge in [-0.2, -0.15) is 0 Å². The second-order valence-corrected chi connectivity index (χ2v) is 4.06. The van der Waals surface area contributed by atoms with Gasteiger partial charge in [-0.05, 0) is 19.9 Å². The van der Waals surface area contributed by atoms with E-state index in [1.54, 1.807) is 18.2 Å². The quantitative estimate of drug-likeness (QED) is 0.283. The normalized spacial score (nSPS) is 13.7. The third-order valence-electron chi connectivity index (χ3n) is 2.17. The number of hydrogen-bond acceptors (Lipinski definition) is 2. The van der Waals surface area contributed by atoms with Gasteiger partial charge in [-0.3, -0.25) is 4.79 Å². The third-order valence-corrected chi connectivity index (χ3v) is 2.35. The van der Waals surface area contributed by atoms with Gasteiger partial charge in [0.2, 0.25) is 0 Å². The fourth-order valence-corrected chi connectivity index (χ4v) is 1.41. The van der Waals surface area contributed by atoms with Crippen LogP contribution in [0.5, 0.6) is 0 Å². The molecule has 0 heterocycles. The van der Waals surface area contributed by atoms with Crippen molar-refractivity contribution in [2.45, 2.75) is 26.4 Å². The van der Waals surface area contributed by atoms with E-state index in [9.17, 15) is 4.79 Å². The molecule has 1 unspecified atom stereocenters. The SMILES string of the molecule is C=C/C(OC(C)C=C)=C(\C(=C)Cl)C(=O)C/C=C/C. The molecule has 0 radical (unpaired) electrons. The molecule has 2 nitrogen and oxygen atoms in total. The van der Waals surface area contributed by atoms with E-state index in [1.807, 2.05) is 13.8 Å². The Morgan fingerprint density at radius 2 is 2.06 bits per heavy atom. The molecule has 0 aliphatic carbocycles. The van der Waals surface area contributed by atoms with Gasteiger partial charge in [0.05, 0.1) is 5.57 Å². The average Bonchev–Trinajstić information content (AvgIpc) is 2.34. The lowest BCUT2D eigenvalue weighted by atomic mass is 10.1. The van der Waals surface area contributed by atoms with Crippen molar-refractivity contribution < 1.29 is 9.53 Å². The van der Waals surface area contributed by atoms with E-state index < -0.39 is 0 Å². The minimum atomic E-state index is -0.237. The Bertz CT molecular complexity index is 403. The molecule has 0 aromatic carbocycles. The molecule has 0 saturated carbocycles. The summed E-state index contributed by atoms with van der Waals surface area (Å²) < 4.78 is 5.53. The highest BCUT2D eigenvalue weighted by molar-refractivity contribution is 6.35. The van der Waals surface area contributed by atoms with Gasteiger partial charge in [-0.15, -0.1) is 0 Å². The molecule has 0 aromatic rings. The highest BCUT2D eigenvalue weighted by Gasteiger charge is 2.17. The fraction of sp³-hybridized carbons (Fsp3) is 0.267. The smallest absolute Gasteiger partial charge is 0.171 e. The van der Waals surface area contributed by atoms with Crippen LogP contribution < -0.4 is 0 Å². The molecule has 3 heteroatoms. The molecule has 18 heavy (non-hydrogen) atoms. The number of ether oxygens (including phenoxy) is 1. The number of hydrogen-bond donors (Lipinski definition) is 0. The molecule has 0 N–H and O–H groups in total. The summed E-state index contributed by atoms with van der Waals surface area (Å²) in [5.74, 6) is 0.177. The van der Waals surface area contributed by atoms with Crippen molar-refractivity contribution in [2.24, 2.45) is 0 Å². The largest absolute Gasteiger partial charge is 0.486 e. The lowest BCUT2D eigenvalue weighted by molar-refractivity contribution is -0.114. The van der Waals surface area contributed by atoms with Crippen LogP contribution in [0.25, 0.3) is 0 Å². The van der Waals surface area contributed by atoms with Crippen molar-refractivity contribution >= 4 is 17.4 Å². The topological polar surface area (TPSA) is 26.3 Å². The summed E-state index contributed by atoms with van der Waals surface area (Å²) >= 11 is 5.87. The van der Waals surface area contributed by atoms with Crippen molar-refractivity contribution in [1.29, 1.82) is 0 Å². The van der Waals surface area contributed by atoms with E-state index in [1.165, 1.54) is 6.08 Å². The highest BCUT2D eigenvalue weighted by atomic mass is 35.5. The molecule has 0 amide bonds. The number of carbonyl (C=O) groups is 1. The predicted octanol–water partition coefficient (Wildman–Crippen LogP) is 4.31. The van der Waals surface area contributed by atoms with Crippen LogP contribution in [0.2, 0.25) is 0 Å². The summed E-state index contributed by atoms with van der Waals surface area (Å²) in [7, 11) is 0. The third kappa shape index (κ3) is 5.19. The molecule has 0 fully saturated rings. The Kier molecular flexibility index (Phi) is 7.81. The lowest BCUT2D eigenvalue weighted by Gasteiger charge is -2.15. The molecule has 0 spiro atoms. The Morgan fingerprint density at radius 1 is 1.44 bits per heavy atom. The zero-order chi connectivity index (χ0) is 14.1. The van der Waals surface area contributed by atoms with Crippen LogP contribution in [0, 0.1) is 0 Å². The monoisotopic (exact) mass is 266 g/mol. The standard InChI is InChI=1S/C15H19ClO2/c1-6-9-10-13(17)15(12(5)16)14(8-3)18-11(4)7-2/h6-9,11H,2-3,5,10H2,1,4H3/b9-6+,15-14-. The second kappa shape index (κ2) is 8.54. The van der Waals surface area contributed by atoms with E-state index in [0.717, 1.165) is 0 Å². The summed E-state index contributed by atoms with van der Waals surface area (Å²) in [6.07, 6.45) is 6.64. The zero-order valence-corrected chi connectivity index (χ0v) is 11.7. The second-order valence-electron chi connectivity index (χ2n) is 3.60. The maximum atomic E-state index is 12.0. The van der Waals surface area contributed by atoms with E-state index >= 15 is 0 Å². The summed E-state index contributed by atoms with van der Waals surface area (Å²) in [5, 5.41) is 0.149. The summed E-state index contributed by atoms with van der Waals surface area (Å²) in [5.41, 5.74) is 0.262. The molecule has 98 valence electrons. The predicted molar refractivity (Wildman–Crippen MR) is 77.4 cm³/mol. The molecule has 1 atom stereocenters. The maximum Gasteiger partial charge on any atom is 0.171 e. The maximum absolute atomic E-state index is 12.0. The molecule has 0 aliphatic heterocycles. The Hall–Kier alpha value is -1.54. The van der Waals surface area contributed by atoms with Crippen molar-refractivity contribution in [3.8, 4) is 0 Å². The first-order valence-electron chi connectivity index (χ1n) is 5.62. The van der Waals surface area contributed by atoms with Gasteiger partial charge in [0.25, 0.3) is 0 Å². The van der Waals surface area contributed by atoms with E-state index in [-0.39, 0.29) is 28.9 Å². The minimum absolute atomic E-state index is 0.149. The van der Waals surface area contributed by atoms with E-state index in [4.69, 9.17) is 16.3 Å². The van der Waals surface area contributed by atoms with Gasteiger partial charge in [-0.25, -0.2) is 0 Å². The molecule has 0 aromatic heterocycles. The Balaban J connectivity index is 5.35. The van der Waals surface area contributed by atoms with Gasteiger partial charge in [-0.1, -0.05) is 49.6 Å². The molecule has 0 aliphatic rings. The highest BCUT2D eigenvalue weighted by Crippen LogP contribution is 2.22. The number of ketones is 1. The van der Waals surface area contributed by atoms with Gasteiger partial charge in [0.15, 0.2) is 5.78 Å². The Morgan fingerprint density at radius 3 is 2.44 bits per heavy atom. The average molecular weight is 267 g/mol. The number of allylic oxidation sites excluding steroid dienone is 5. The van der Waals surface area contributed by atoms with Crippen molar-refractivity contribution in [3.05, 3.63) is 60.4 Å². The van der Waals surface area contributed by atoms with Crippen LogP contribution in [0.15, 0.2) is 60.4 Å². The lowest BCUT2D eigenvalue weighted by Crippen LogP contribution is -2.10. The molecular formula is C15H19ClO2. The van der Waals surface area contributed by atoms with Crippen LogP contribution in [0.3, 0.4) is 0 Å².